The van der Waals surface area contributed by atoms with Gasteiger partial charge < -0.3 is 4.90 Å². The molecule has 2 aliphatic heterocycles. The second-order valence-electron chi connectivity index (χ2n) is 8.12. The van der Waals surface area contributed by atoms with Gasteiger partial charge in [-0.2, -0.15) is 0 Å². The Morgan fingerprint density at radius 3 is 2.30 bits per heavy atom. The van der Waals surface area contributed by atoms with Crippen LogP contribution >= 0.6 is 0 Å². The van der Waals surface area contributed by atoms with Gasteiger partial charge in [0.2, 0.25) is 11.8 Å². The maximum Gasteiger partial charge on any atom is 0.233 e. The second-order valence-corrected chi connectivity index (χ2v) is 8.12. The zero-order valence-electron chi connectivity index (χ0n) is 15.9. The lowest BCUT2D eigenvalue weighted by atomic mass is 9.83. The molecular formula is C22H24N2O3. The predicted octanol–water partition coefficient (Wildman–Crippen LogP) is 2.82. The van der Waals surface area contributed by atoms with Crippen molar-refractivity contribution in [3.8, 4) is 0 Å². The van der Waals surface area contributed by atoms with Crippen molar-refractivity contribution in [3.63, 3.8) is 0 Å². The van der Waals surface area contributed by atoms with E-state index in [4.69, 9.17) is 0 Å². The fourth-order valence-corrected chi connectivity index (χ4v) is 4.64. The van der Waals surface area contributed by atoms with Crippen LogP contribution in [0.4, 0.5) is 5.69 Å². The molecule has 0 aromatic heterocycles. The summed E-state index contributed by atoms with van der Waals surface area (Å²) < 4.78 is 0. The van der Waals surface area contributed by atoms with Gasteiger partial charge in [0, 0.05) is 29.9 Å². The Kier molecular flexibility index (Phi) is 4.06. The van der Waals surface area contributed by atoms with E-state index in [1.807, 2.05) is 42.3 Å². The number of amides is 2. The topological polar surface area (TPSA) is 57.7 Å². The number of anilines is 1. The van der Waals surface area contributed by atoms with Gasteiger partial charge in [0.15, 0.2) is 5.78 Å². The third-order valence-electron chi connectivity index (χ3n) is 6.15. The normalized spacial score (nSPS) is 27.3. The number of likely N-dealkylation sites (N-methyl/N-ethyl adjacent to an activating group) is 1. The number of benzene rings is 1. The molecule has 0 bridgehead atoms. The molecule has 5 heteroatoms. The highest BCUT2D eigenvalue weighted by atomic mass is 16.2. The maximum absolute atomic E-state index is 12.8. The highest BCUT2D eigenvalue weighted by molar-refractivity contribution is 6.09. The number of para-hydroxylation sites is 1. The number of nitrogens with zero attached hydrogens (tertiary/aromatic N) is 2. The van der Waals surface area contributed by atoms with Gasteiger partial charge in [-0.1, -0.05) is 44.2 Å². The summed E-state index contributed by atoms with van der Waals surface area (Å²) in [5.41, 5.74) is 2.81. The molecule has 2 amide bonds. The van der Waals surface area contributed by atoms with E-state index in [1.165, 1.54) is 0 Å². The van der Waals surface area contributed by atoms with Crippen LogP contribution in [-0.2, 0) is 19.8 Å². The van der Waals surface area contributed by atoms with Crippen molar-refractivity contribution >= 4 is 23.3 Å². The molecule has 1 saturated heterocycles. The molecule has 1 aromatic carbocycles. The van der Waals surface area contributed by atoms with E-state index in [0.29, 0.717) is 12.8 Å². The van der Waals surface area contributed by atoms with E-state index in [2.05, 4.69) is 19.9 Å². The van der Waals surface area contributed by atoms with Crippen molar-refractivity contribution in [1.82, 2.24) is 4.90 Å². The molecule has 0 radical (unpaired) electrons. The highest BCUT2D eigenvalue weighted by Crippen LogP contribution is 2.46. The van der Waals surface area contributed by atoms with Crippen molar-refractivity contribution in [3.05, 3.63) is 53.8 Å². The average molecular weight is 364 g/mol. The van der Waals surface area contributed by atoms with Crippen molar-refractivity contribution in [2.45, 2.75) is 32.1 Å². The Morgan fingerprint density at radius 2 is 1.70 bits per heavy atom. The summed E-state index contributed by atoms with van der Waals surface area (Å²) in [6, 6.07) is 8.08. The quantitative estimate of drug-likeness (QED) is 0.470. The van der Waals surface area contributed by atoms with Crippen molar-refractivity contribution < 1.29 is 14.4 Å². The van der Waals surface area contributed by atoms with Crippen LogP contribution in [0.2, 0.25) is 0 Å². The SMILES string of the molecule is CN1C(=CC(=O)CN2C(=O)[C@H]3CC=CC[C@H]3C2=O)C(C)(C)c2ccccc21. The highest BCUT2D eigenvalue weighted by Gasteiger charge is 2.47. The molecule has 0 spiro atoms. The number of carbonyl (C=O) groups excluding carboxylic acids is 3. The van der Waals surface area contributed by atoms with Crippen LogP contribution in [0.5, 0.6) is 0 Å². The number of hydrogen-bond donors (Lipinski definition) is 0. The molecule has 140 valence electrons. The summed E-state index contributed by atoms with van der Waals surface area (Å²) >= 11 is 0. The fraction of sp³-hybridized carbons (Fsp3) is 0.409. The summed E-state index contributed by atoms with van der Waals surface area (Å²) in [4.78, 5) is 41.1. The monoisotopic (exact) mass is 364 g/mol. The molecule has 2 heterocycles. The lowest BCUT2D eigenvalue weighted by Gasteiger charge is -2.24. The van der Waals surface area contributed by atoms with Crippen LogP contribution in [0.1, 0.15) is 32.3 Å². The number of hydrogen-bond acceptors (Lipinski definition) is 4. The molecule has 0 saturated carbocycles. The Hall–Kier alpha value is -2.69. The summed E-state index contributed by atoms with van der Waals surface area (Å²) in [5, 5.41) is 0. The van der Waals surface area contributed by atoms with E-state index in [9.17, 15) is 14.4 Å². The Bertz CT molecular complexity index is 871. The van der Waals surface area contributed by atoms with Crippen LogP contribution in [0.3, 0.4) is 0 Å². The van der Waals surface area contributed by atoms with Crippen LogP contribution in [-0.4, -0.2) is 36.1 Å². The molecule has 3 aliphatic rings. The maximum atomic E-state index is 12.8. The lowest BCUT2D eigenvalue weighted by Crippen LogP contribution is -2.36. The first-order valence-corrected chi connectivity index (χ1v) is 9.41. The first-order valence-electron chi connectivity index (χ1n) is 9.41. The number of fused-ring (bicyclic) bond motifs is 2. The van der Waals surface area contributed by atoms with Gasteiger partial charge in [-0.3, -0.25) is 19.3 Å². The van der Waals surface area contributed by atoms with E-state index in [1.54, 1.807) is 6.08 Å². The van der Waals surface area contributed by atoms with Gasteiger partial charge in [-0.25, -0.2) is 0 Å². The van der Waals surface area contributed by atoms with Crippen molar-refractivity contribution in [1.29, 1.82) is 0 Å². The lowest BCUT2D eigenvalue weighted by molar-refractivity contribution is -0.142. The fourth-order valence-electron chi connectivity index (χ4n) is 4.64. The summed E-state index contributed by atoms with van der Waals surface area (Å²) in [5.74, 6) is -1.21. The number of allylic oxidation sites excluding steroid dienone is 3. The summed E-state index contributed by atoms with van der Waals surface area (Å²) in [6.07, 6.45) is 6.68. The van der Waals surface area contributed by atoms with E-state index in [-0.39, 0.29) is 41.4 Å². The zero-order chi connectivity index (χ0) is 19.3. The average Bonchev–Trinajstić information content (AvgIpc) is 3.01. The third kappa shape index (κ3) is 2.64. The third-order valence-corrected chi connectivity index (χ3v) is 6.15. The smallest absolute Gasteiger partial charge is 0.233 e. The number of rotatable bonds is 3. The van der Waals surface area contributed by atoms with Crippen LogP contribution < -0.4 is 4.90 Å². The molecule has 1 aliphatic carbocycles. The molecule has 27 heavy (non-hydrogen) atoms. The number of ketones is 1. The second kappa shape index (κ2) is 6.19. The Labute approximate surface area is 159 Å². The molecule has 1 fully saturated rings. The van der Waals surface area contributed by atoms with Gasteiger partial charge in [0.05, 0.1) is 18.4 Å². The Morgan fingerprint density at radius 1 is 1.11 bits per heavy atom. The molecule has 1 aromatic rings. The zero-order valence-corrected chi connectivity index (χ0v) is 15.9. The van der Waals surface area contributed by atoms with E-state index >= 15 is 0 Å². The summed E-state index contributed by atoms with van der Waals surface area (Å²) in [6.45, 7) is 4.00. The molecule has 2 atom stereocenters. The molecule has 0 unspecified atom stereocenters. The van der Waals surface area contributed by atoms with Gasteiger partial charge in [0.25, 0.3) is 0 Å². The van der Waals surface area contributed by atoms with Gasteiger partial charge >= 0.3 is 0 Å². The first kappa shape index (κ1) is 17.7. The largest absolute Gasteiger partial charge is 0.347 e. The van der Waals surface area contributed by atoms with Crippen LogP contribution in [0, 0.1) is 11.8 Å². The predicted molar refractivity (Wildman–Crippen MR) is 103 cm³/mol. The van der Waals surface area contributed by atoms with E-state index in [0.717, 1.165) is 21.8 Å². The molecular weight excluding hydrogens is 340 g/mol. The molecule has 4 rings (SSSR count). The standard InChI is InChI=1S/C22H24N2O3/c1-22(2)17-10-6-7-11-18(17)23(3)19(22)12-14(25)13-24-20(26)15-8-4-5-9-16(15)21(24)27/h4-7,10-12,15-16H,8-9,13H2,1-3H3/t15-,16+. The first-order chi connectivity index (χ1) is 12.8. The number of carbonyl (C=O) groups is 3. The van der Waals surface area contributed by atoms with Gasteiger partial charge in [-0.15, -0.1) is 0 Å². The molecule has 0 N–H and O–H groups in total. The van der Waals surface area contributed by atoms with Crippen LogP contribution in [0.25, 0.3) is 0 Å². The van der Waals surface area contributed by atoms with Crippen molar-refractivity contribution in [2.24, 2.45) is 11.8 Å². The summed E-state index contributed by atoms with van der Waals surface area (Å²) in [7, 11) is 1.94. The number of imide groups is 1. The minimum absolute atomic E-state index is 0.172. The van der Waals surface area contributed by atoms with Gasteiger partial charge in [-0.05, 0) is 24.5 Å². The minimum atomic E-state index is -0.308. The minimum Gasteiger partial charge on any atom is -0.347 e. The Balaban J connectivity index is 1.56. The van der Waals surface area contributed by atoms with E-state index < -0.39 is 0 Å². The van der Waals surface area contributed by atoms with Crippen LogP contribution in [0.15, 0.2) is 48.2 Å². The number of likely N-dealkylation sites (tertiary alicyclic amines) is 1. The molecule has 5 nitrogen and oxygen atoms in total. The van der Waals surface area contributed by atoms with Crippen molar-refractivity contribution in [2.75, 3.05) is 18.5 Å². The van der Waals surface area contributed by atoms with Gasteiger partial charge in [0.1, 0.15) is 0 Å².